The summed E-state index contributed by atoms with van der Waals surface area (Å²) >= 11 is 2.91. The third-order valence-electron chi connectivity index (χ3n) is 12.1. The number of nitrogens with zero attached hydrogens (tertiary/aromatic N) is 10. The fourth-order valence-corrected chi connectivity index (χ4v) is 9.48. The number of likely N-dealkylation sites (tertiary alicyclic amines) is 2. The Labute approximate surface area is 406 Å². The molecule has 2 aromatic heterocycles. The van der Waals surface area contributed by atoms with Gasteiger partial charge in [-0.15, -0.1) is 22.0 Å². The van der Waals surface area contributed by atoms with Crippen LogP contribution in [-0.2, 0) is 41.7 Å². The van der Waals surface area contributed by atoms with Crippen molar-refractivity contribution in [3.8, 4) is 11.8 Å². The summed E-state index contributed by atoms with van der Waals surface area (Å²) in [5.41, 5.74) is 0. The van der Waals surface area contributed by atoms with Gasteiger partial charge in [0.1, 0.15) is 12.1 Å². The van der Waals surface area contributed by atoms with Crippen molar-refractivity contribution in [2.75, 3.05) is 40.4 Å². The number of amides is 4. The van der Waals surface area contributed by atoms with E-state index in [0.29, 0.717) is 49.3 Å². The van der Waals surface area contributed by atoms with Gasteiger partial charge < -0.3 is 40.5 Å². The lowest BCUT2D eigenvalue weighted by Crippen LogP contribution is -2.58. The maximum atomic E-state index is 14.3. The molecule has 2 fully saturated rings. The second-order valence-electron chi connectivity index (χ2n) is 16.8. The number of likely N-dealkylation sites (N-methyl/N-ethyl adjacent to an activating group) is 2. The van der Waals surface area contributed by atoms with Crippen LogP contribution < -0.4 is 21.3 Å². The maximum absolute atomic E-state index is 14.3. The van der Waals surface area contributed by atoms with Gasteiger partial charge in [-0.3, -0.25) is 19.2 Å². The Kier molecular flexibility index (Phi) is 20.1. The fourth-order valence-electron chi connectivity index (χ4n) is 7.88. The van der Waals surface area contributed by atoms with Crippen LogP contribution in [0.5, 0.6) is 0 Å². The third-order valence-corrected chi connectivity index (χ3v) is 14.0. The van der Waals surface area contributed by atoms with Crippen molar-refractivity contribution >= 4 is 47.2 Å². The minimum absolute atomic E-state index is 0.176. The summed E-state index contributed by atoms with van der Waals surface area (Å²) in [6.07, 6.45) is 2.57. The standard InChI is InChI=1S/C46H64N14O6S2/c1-31(47-5)41(61)49-39(43(63)57-25-17-19-35(57)29-59-45(51-53-55-59)67-37-21-11-9-12-22-37)33(3)65-27-15-7-8-16-28-66-34(4)40(50-42(62)32(2)48-6)44(64)58-26-18-20-36(58)30-60-46(52-54-56-60)68-38-23-13-10-14-24-38/h9-14,21-24,31-36,39-40,47-48H,15-20,25-30H2,1-6H3,(H,49,61)(H,50,62)/t31-,32-,33+,34+,35-,36-,39-,40-/m0/s1. The SMILES string of the molecule is CN[C@@H](C)C(=O)N[C@H](C(=O)N1CCC[C@H]1Cn1nnnc1Sc1ccccc1)[C@@H](C)OCCC#CCCO[C@H](C)[C@H](NC(=O)[C@H](C)NC)C(=O)N1CCC[C@H]1Cn1nnnc1Sc1ccccc1. The zero-order valence-corrected chi connectivity index (χ0v) is 41.2. The smallest absolute Gasteiger partial charge is 0.248 e. The quantitative estimate of drug-likeness (QED) is 0.0584. The predicted molar refractivity (Wildman–Crippen MR) is 255 cm³/mol. The lowest BCUT2D eigenvalue weighted by molar-refractivity contribution is -0.142. The molecule has 2 saturated heterocycles. The monoisotopic (exact) mass is 972 g/mol. The Hall–Kier alpha value is -5.44. The van der Waals surface area contributed by atoms with E-state index in [-0.39, 0.29) is 48.9 Å². The second kappa shape index (κ2) is 26.4. The lowest BCUT2D eigenvalue weighted by Gasteiger charge is -2.32. The number of hydrogen-bond donors (Lipinski definition) is 4. The average molecular weight is 973 g/mol. The number of aromatic nitrogens is 8. The van der Waals surface area contributed by atoms with Gasteiger partial charge in [0.2, 0.25) is 33.9 Å². The van der Waals surface area contributed by atoms with Gasteiger partial charge in [-0.1, -0.05) is 36.4 Å². The first-order valence-corrected chi connectivity index (χ1v) is 24.8. The van der Waals surface area contributed by atoms with Gasteiger partial charge in [0.05, 0.1) is 62.7 Å². The van der Waals surface area contributed by atoms with Crippen molar-refractivity contribution in [2.45, 2.75) is 148 Å². The van der Waals surface area contributed by atoms with E-state index in [0.717, 1.165) is 35.5 Å². The van der Waals surface area contributed by atoms with Gasteiger partial charge in [0.15, 0.2) is 0 Å². The summed E-state index contributed by atoms with van der Waals surface area (Å²) in [5.74, 6) is 5.14. The summed E-state index contributed by atoms with van der Waals surface area (Å²) in [6.45, 7) is 9.36. The molecular formula is C46H64N14O6S2. The molecule has 4 aromatic rings. The highest BCUT2D eigenvalue weighted by Gasteiger charge is 2.40. The van der Waals surface area contributed by atoms with E-state index in [9.17, 15) is 19.2 Å². The van der Waals surface area contributed by atoms with Crippen molar-refractivity contribution in [1.82, 2.24) is 71.5 Å². The van der Waals surface area contributed by atoms with Crippen LogP contribution in [0.1, 0.15) is 66.2 Å². The molecule has 6 rings (SSSR count). The van der Waals surface area contributed by atoms with Crippen LogP contribution in [0.4, 0.5) is 0 Å². The van der Waals surface area contributed by atoms with Gasteiger partial charge in [-0.2, -0.15) is 0 Å². The predicted octanol–water partition coefficient (Wildman–Crippen LogP) is 2.42. The van der Waals surface area contributed by atoms with E-state index >= 15 is 0 Å². The topological polar surface area (TPSA) is 229 Å². The summed E-state index contributed by atoms with van der Waals surface area (Å²) < 4.78 is 15.8. The average Bonchev–Trinajstić information content (AvgIpc) is 4.20. The Morgan fingerprint density at radius 2 is 1.04 bits per heavy atom. The molecule has 8 atom stereocenters. The van der Waals surface area contributed by atoms with E-state index in [1.165, 1.54) is 23.5 Å². The van der Waals surface area contributed by atoms with Crippen LogP contribution in [0.25, 0.3) is 0 Å². The fraction of sp³-hybridized carbons (Fsp3) is 0.565. The second-order valence-corrected chi connectivity index (χ2v) is 18.9. The molecule has 22 heteroatoms. The molecule has 0 radical (unpaired) electrons. The zero-order chi connectivity index (χ0) is 48.4. The molecule has 68 heavy (non-hydrogen) atoms. The summed E-state index contributed by atoms with van der Waals surface area (Å²) in [7, 11) is 3.37. The molecule has 20 nitrogen and oxygen atoms in total. The van der Waals surface area contributed by atoms with Crippen molar-refractivity contribution in [1.29, 1.82) is 0 Å². The van der Waals surface area contributed by atoms with Crippen LogP contribution in [0.3, 0.4) is 0 Å². The van der Waals surface area contributed by atoms with Crippen LogP contribution in [0, 0.1) is 11.8 Å². The highest BCUT2D eigenvalue weighted by Crippen LogP contribution is 2.29. The van der Waals surface area contributed by atoms with Crippen LogP contribution in [0.15, 0.2) is 80.8 Å². The first kappa shape index (κ1) is 51.9. The number of carbonyl (C=O) groups is 4. The number of benzene rings is 2. The summed E-state index contributed by atoms with van der Waals surface area (Å²) in [5, 5.41) is 37.7. The van der Waals surface area contributed by atoms with Gasteiger partial charge in [0.25, 0.3) is 0 Å². The molecule has 4 heterocycles. The van der Waals surface area contributed by atoms with Crippen molar-refractivity contribution in [3.05, 3.63) is 60.7 Å². The van der Waals surface area contributed by atoms with Crippen LogP contribution >= 0.6 is 23.5 Å². The molecule has 4 amide bonds. The Morgan fingerprint density at radius 1 is 0.647 bits per heavy atom. The molecule has 2 aliphatic rings. The minimum Gasteiger partial charge on any atom is -0.375 e. The normalized spacial score (nSPS) is 18.5. The van der Waals surface area contributed by atoms with Gasteiger partial charge in [0, 0.05) is 35.7 Å². The Bertz CT molecular complexity index is 2140. The van der Waals surface area contributed by atoms with Gasteiger partial charge in [-0.05, 0) is 136 Å². The molecule has 0 aliphatic carbocycles. The van der Waals surface area contributed by atoms with Crippen LogP contribution in [0.2, 0.25) is 0 Å². The minimum atomic E-state index is -0.937. The number of carbonyl (C=O) groups excluding carboxylic acids is 4. The number of nitrogens with one attached hydrogen (secondary N) is 4. The van der Waals surface area contributed by atoms with E-state index in [4.69, 9.17) is 9.47 Å². The van der Waals surface area contributed by atoms with Crippen molar-refractivity contribution in [3.63, 3.8) is 0 Å². The first-order valence-electron chi connectivity index (χ1n) is 23.2. The van der Waals surface area contributed by atoms with Crippen molar-refractivity contribution < 1.29 is 28.7 Å². The molecule has 0 unspecified atom stereocenters. The maximum Gasteiger partial charge on any atom is 0.248 e. The molecule has 0 spiro atoms. The van der Waals surface area contributed by atoms with E-state index in [2.05, 4.69) is 64.2 Å². The molecular weight excluding hydrogens is 909 g/mol. The first-order chi connectivity index (χ1) is 33.0. The highest BCUT2D eigenvalue weighted by molar-refractivity contribution is 7.99. The van der Waals surface area contributed by atoms with E-state index in [1.807, 2.05) is 60.7 Å². The Balaban J connectivity index is 1.01. The van der Waals surface area contributed by atoms with E-state index < -0.39 is 36.4 Å². The molecule has 2 aliphatic heterocycles. The Morgan fingerprint density at radius 3 is 1.43 bits per heavy atom. The van der Waals surface area contributed by atoms with Crippen molar-refractivity contribution in [2.24, 2.45) is 0 Å². The highest BCUT2D eigenvalue weighted by atomic mass is 32.2. The number of tetrazole rings is 2. The summed E-state index contributed by atoms with van der Waals surface area (Å²) in [6, 6.07) is 16.4. The van der Waals surface area contributed by atoms with Gasteiger partial charge in [-0.25, -0.2) is 9.36 Å². The number of hydrogen-bond acceptors (Lipinski definition) is 16. The number of ether oxygens (including phenoxy) is 2. The molecule has 4 N–H and O–H groups in total. The zero-order valence-electron chi connectivity index (χ0n) is 39.6. The molecule has 0 bridgehead atoms. The summed E-state index contributed by atoms with van der Waals surface area (Å²) in [4.78, 5) is 60.5. The third kappa shape index (κ3) is 14.5. The van der Waals surface area contributed by atoms with E-state index in [1.54, 1.807) is 61.0 Å². The largest absolute Gasteiger partial charge is 0.375 e. The lowest BCUT2D eigenvalue weighted by atomic mass is 10.1. The molecule has 0 saturated carbocycles. The molecule has 2 aromatic carbocycles. The van der Waals surface area contributed by atoms with Gasteiger partial charge >= 0.3 is 0 Å². The molecule has 366 valence electrons. The number of rotatable bonds is 24. The van der Waals surface area contributed by atoms with Crippen LogP contribution in [-0.4, -0.2) is 163 Å².